The zero-order chi connectivity index (χ0) is 21.9. The first-order valence-corrected chi connectivity index (χ1v) is 11.2. The first kappa shape index (κ1) is 26.2. The molecule has 0 aliphatic heterocycles. The molecule has 1 aromatic rings. The van der Waals surface area contributed by atoms with E-state index in [0.29, 0.717) is 17.8 Å². The van der Waals surface area contributed by atoms with Crippen molar-refractivity contribution in [3.05, 3.63) is 77.4 Å². The van der Waals surface area contributed by atoms with Crippen molar-refractivity contribution in [3.8, 4) is 0 Å². The lowest BCUT2D eigenvalue weighted by molar-refractivity contribution is 0.735. The highest BCUT2D eigenvalue weighted by Crippen LogP contribution is 2.34. The third-order valence-corrected chi connectivity index (χ3v) is 5.33. The summed E-state index contributed by atoms with van der Waals surface area (Å²) in [6.45, 7) is 27.6. The molecule has 0 N–H and O–H groups in total. The molecule has 0 bridgehead atoms. The summed E-state index contributed by atoms with van der Waals surface area (Å²) in [6, 6.07) is 8.97. The minimum absolute atomic E-state index is 0.469. The Morgan fingerprint density at radius 3 is 1.61 bits per heavy atom. The Labute approximate surface area is 176 Å². The minimum Gasteiger partial charge on any atom is -0.0953 e. The number of hydrogen-bond donors (Lipinski definition) is 0. The maximum atomic E-state index is 4.24. The Hall–Kier alpha value is -1.82. The average molecular weight is 381 g/mol. The SMILES string of the molecule is C=C(C1=CC=C(C(C)c2ccc(C(=C)C(C)C)cc2)CC1)C(C)C.CC.CC. The van der Waals surface area contributed by atoms with Gasteiger partial charge < -0.3 is 0 Å². The van der Waals surface area contributed by atoms with Crippen molar-refractivity contribution in [1.29, 1.82) is 0 Å². The van der Waals surface area contributed by atoms with E-state index < -0.39 is 0 Å². The molecule has 0 saturated carbocycles. The van der Waals surface area contributed by atoms with Gasteiger partial charge in [0.15, 0.2) is 0 Å². The lowest BCUT2D eigenvalue weighted by atomic mass is 9.82. The van der Waals surface area contributed by atoms with Crippen LogP contribution in [0.15, 0.2) is 66.3 Å². The molecule has 0 aromatic heterocycles. The molecule has 0 spiro atoms. The molecule has 1 aromatic carbocycles. The maximum absolute atomic E-state index is 4.24. The summed E-state index contributed by atoms with van der Waals surface area (Å²) in [5.74, 6) is 1.49. The third-order valence-electron chi connectivity index (χ3n) is 5.33. The molecule has 0 heteroatoms. The first-order chi connectivity index (χ1) is 13.3. The maximum Gasteiger partial charge on any atom is 0.00230 e. The summed E-state index contributed by atoms with van der Waals surface area (Å²) in [4.78, 5) is 0. The molecular weight excluding hydrogens is 336 g/mol. The molecule has 1 atom stereocenters. The fraction of sp³-hybridized carbons (Fsp3) is 0.500. The Kier molecular flexibility index (Phi) is 12.5. The van der Waals surface area contributed by atoms with Crippen LogP contribution in [-0.4, -0.2) is 0 Å². The largest absolute Gasteiger partial charge is 0.0953 e. The summed E-state index contributed by atoms with van der Waals surface area (Å²) in [5, 5.41) is 0. The van der Waals surface area contributed by atoms with Crippen LogP contribution in [0, 0.1) is 11.8 Å². The molecular formula is C28H44. The lowest BCUT2D eigenvalue weighted by Gasteiger charge is -2.23. The zero-order valence-corrected chi connectivity index (χ0v) is 20.0. The smallest absolute Gasteiger partial charge is 0.00230 e. The van der Waals surface area contributed by atoms with Crippen LogP contribution in [0.3, 0.4) is 0 Å². The molecule has 0 radical (unpaired) electrons. The fourth-order valence-electron chi connectivity index (χ4n) is 3.19. The van der Waals surface area contributed by atoms with E-state index in [4.69, 9.17) is 0 Å². The highest BCUT2D eigenvalue weighted by atomic mass is 14.2. The van der Waals surface area contributed by atoms with Gasteiger partial charge in [-0.3, -0.25) is 0 Å². The summed E-state index contributed by atoms with van der Waals surface area (Å²) >= 11 is 0. The number of benzene rings is 1. The second-order valence-electron chi connectivity index (χ2n) is 7.64. The van der Waals surface area contributed by atoms with Crippen molar-refractivity contribution in [3.63, 3.8) is 0 Å². The summed E-state index contributed by atoms with van der Waals surface area (Å²) in [7, 11) is 0. The number of rotatable bonds is 6. The van der Waals surface area contributed by atoms with E-state index in [0.717, 1.165) is 12.8 Å². The molecule has 0 fully saturated rings. The quantitative estimate of drug-likeness (QED) is 0.461. The Balaban J connectivity index is 0.00000171. The standard InChI is InChI=1S/C24H32.2C2H6/c1-16(2)18(5)21-8-12-23(13-9-21)20(7)24-14-10-22(11-15-24)19(6)17(3)4;2*1-2/h8-10,12-14,16-17,20H,5-6,11,15H2,1-4,7H3;2*1-2H3. The molecule has 28 heavy (non-hydrogen) atoms. The Bertz CT molecular complexity index is 662. The molecule has 2 rings (SSSR count). The van der Waals surface area contributed by atoms with Crippen LogP contribution in [0.5, 0.6) is 0 Å². The molecule has 1 unspecified atom stereocenters. The predicted octanol–water partition coefficient (Wildman–Crippen LogP) is 9.37. The van der Waals surface area contributed by atoms with Crippen LogP contribution >= 0.6 is 0 Å². The third kappa shape index (κ3) is 7.30. The van der Waals surface area contributed by atoms with Crippen molar-refractivity contribution in [1.82, 2.24) is 0 Å². The molecule has 0 amide bonds. The Morgan fingerprint density at radius 1 is 0.714 bits per heavy atom. The first-order valence-electron chi connectivity index (χ1n) is 11.2. The van der Waals surface area contributed by atoms with E-state index >= 15 is 0 Å². The van der Waals surface area contributed by atoms with Crippen molar-refractivity contribution < 1.29 is 0 Å². The highest BCUT2D eigenvalue weighted by Gasteiger charge is 2.17. The number of hydrogen-bond acceptors (Lipinski definition) is 0. The molecule has 1 aliphatic rings. The van der Waals surface area contributed by atoms with Gasteiger partial charge in [0.2, 0.25) is 0 Å². The minimum atomic E-state index is 0.469. The van der Waals surface area contributed by atoms with E-state index in [1.54, 1.807) is 0 Å². The van der Waals surface area contributed by atoms with E-state index in [1.807, 2.05) is 27.7 Å². The highest BCUT2D eigenvalue weighted by molar-refractivity contribution is 5.65. The van der Waals surface area contributed by atoms with Gasteiger partial charge >= 0.3 is 0 Å². The predicted molar refractivity (Wildman–Crippen MR) is 131 cm³/mol. The summed E-state index contributed by atoms with van der Waals surface area (Å²) in [5.41, 5.74) is 8.09. The van der Waals surface area contributed by atoms with Crippen LogP contribution in [0.2, 0.25) is 0 Å². The van der Waals surface area contributed by atoms with Gasteiger partial charge in [-0.25, -0.2) is 0 Å². The van der Waals surface area contributed by atoms with E-state index in [-0.39, 0.29) is 0 Å². The van der Waals surface area contributed by atoms with E-state index in [2.05, 4.69) is 84.2 Å². The fourth-order valence-corrected chi connectivity index (χ4v) is 3.19. The Morgan fingerprint density at radius 2 is 1.21 bits per heavy atom. The molecule has 0 saturated heterocycles. The van der Waals surface area contributed by atoms with Crippen LogP contribution in [0.1, 0.15) is 92.2 Å². The second kappa shape index (κ2) is 13.4. The van der Waals surface area contributed by atoms with Gasteiger partial charge in [-0.2, -0.15) is 0 Å². The van der Waals surface area contributed by atoms with Crippen LogP contribution < -0.4 is 0 Å². The zero-order valence-electron chi connectivity index (χ0n) is 20.0. The topological polar surface area (TPSA) is 0 Å². The van der Waals surface area contributed by atoms with Gasteiger partial charge in [-0.15, -0.1) is 0 Å². The molecule has 0 nitrogen and oxygen atoms in total. The molecule has 1 aliphatic carbocycles. The van der Waals surface area contributed by atoms with Gasteiger partial charge in [-0.1, -0.05) is 117 Å². The van der Waals surface area contributed by atoms with E-state index in [1.165, 1.54) is 33.4 Å². The van der Waals surface area contributed by atoms with Crippen LogP contribution in [0.25, 0.3) is 5.57 Å². The monoisotopic (exact) mass is 380 g/mol. The van der Waals surface area contributed by atoms with Crippen molar-refractivity contribution in [2.75, 3.05) is 0 Å². The number of allylic oxidation sites excluding steroid dienone is 6. The lowest BCUT2D eigenvalue weighted by Crippen LogP contribution is -2.05. The van der Waals surface area contributed by atoms with Crippen molar-refractivity contribution in [2.24, 2.45) is 11.8 Å². The molecule has 0 heterocycles. The van der Waals surface area contributed by atoms with Gasteiger partial charge in [0, 0.05) is 5.92 Å². The van der Waals surface area contributed by atoms with Crippen molar-refractivity contribution in [2.45, 2.75) is 81.1 Å². The van der Waals surface area contributed by atoms with Gasteiger partial charge in [-0.05, 0) is 52.5 Å². The average Bonchev–Trinajstić information content (AvgIpc) is 2.75. The van der Waals surface area contributed by atoms with E-state index in [9.17, 15) is 0 Å². The van der Waals surface area contributed by atoms with Gasteiger partial charge in [0.1, 0.15) is 0 Å². The second-order valence-corrected chi connectivity index (χ2v) is 7.64. The molecule has 156 valence electrons. The van der Waals surface area contributed by atoms with Gasteiger partial charge in [0.05, 0.1) is 0 Å². The summed E-state index contributed by atoms with van der Waals surface area (Å²) < 4.78 is 0. The van der Waals surface area contributed by atoms with Crippen LogP contribution in [-0.2, 0) is 0 Å². The normalized spacial score (nSPS) is 14.1. The summed E-state index contributed by atoms with van der Waals surface area (Å²) in [6.07, 6.45) is 6.86. The van der Waals surface area contributed by atoms with Gasteiger partial charge in [0.25, 0.3) is 0 Å². The van der Waals surface area contributed by atoms with Crippen molar-refractivity contribution >= 4 is 5.57 Å². The van der Waals surface area contributed by atoms with Crippen LogP contribution in [0.4, 0.5) is 0 Å².